The van der Waals surface area contributed by atoms with Crippen LogP contribution in [0.15, 0.2) is 84.9 Å². The van der Waals surface area contributed by atoms with E-state index in [-0.39, 0.29) is 31.8 Å². The molecule has 7 nitrogen and oxygen atoms in total. The molecule has 0 aromatic heterocycles. The van der Waals surface area contributed by atoms with E-state index in [2.05, 4.69) is 10.6 Å². The lowest BCUT2D eigenvalue weighted by molar-refractivity contribution is -0.147. The Hall–Kier alpha value is -4.33. The number of amides is 3. The van der Waals surface area contributed by atoms with Gasteiger partial charge in [0, 0.05) is 25.9 Å². The van der Waals surface area contributed by atoms with Crippen molar-refractivity contribution in [2.45, 2.75) is 44.4 Å². The lowest BCUT2D eigenvalue weighted by Gasteiger charge is -2.33. The summed E-state index contributed by atoms with van der Waals surface area (Å²) in [6.07, 6.45) is 0.680. The number of hydrogen-bond donors (Lipinski definition) is 2. The molecule has 1 aliphatic rings. The molecule has 3 amide bonds. The molecule has 4 rings (SSSR count). The van der Waals surface area contributed by atoms with Gasteiger partial charge >= 0.3 is 0 Å². The van der Waals surface area contributed by atoms with Crippen LogP contribution in [-0.4, -0.2) is 40.5 Å². The summed E-state index contributed by atoms with van der Waals surface area (Å²) in [6, 6.07) is 22.1. The Bertz CT molecular complexity index is 1250. The predicted molar refractivity (Wildman–Crippen MR) is 135 cm³/mol. The first kappa shape index (κ1) is 25.8. The Labute approximate surface area is 214 Å². The lowest BCUT2D eigenvalue weighted by Crippen LogP contribution is -2.54. The van der Waals surface area contributed by atoms with E-state index in [9.17, 15) is 23.6 Å². The summed E-state index contributed by atoms with van der Waals surface area (Å²) >= 11 is 0. The van der Waals surface area contributed by atoms with Crippen molar-refractivity contribution < 1.29 is 23.6 Å². The molecule has 2 N–H and O–H groups in total. The van der Waals surface area contributed by atoms with Crippen LogP contribution in [0.1, 0.15) is 29.5 Å². The number of halogens is 1. The third kappa shape index (κ3) is 6.88. The average Bonchev–Trinajstić information content (AvgIpc) is 3.36. The van der Waals surface area contributed by atoms with Gasteiger partial charge in [-0.05, 0) is 35.2 Å². The number of hydrogen-bond acceptors (Lipinski definition) is 4. The average molecular weight is 502 g/mol. The highest BCUT2D eigenvalue weighted by atomic mass is 19.1. The van der Waals surface area contributed by atoms with Crippen molar-refractivity contribution in [1.82, 2.24) is 15.5 Å². The number of carbonyl (C=O) groups is 4. The maximum absolute atomic E-state index is 13.7. The van der Waals surface area contributed by atoms with E-state index in [0.29, 0.717) is 12.0 Å². The fourth-order valence-corrected chi connectivity index (χ4v) is 4.33. The van der Waals surface area contributed by atoms with E-state index in [4.69, 9.17) is 0 Å². The minimum Gasteiger partial charge on any atom is -0.345 e. The zero-order chi connectivity index (χ0) is 26.2. The van der Waals surface area contributed by atoms with E-state index in [0.717, 1.165) is 11.1 Å². The number of nitrogens with zero attached hydrogens (tertiary/aromatic N) is 1. The highest BCUT2D eigenvalue weighted by Gasteiger charge is 2.38. The van der Waals surface area contributed by atoms with Crippen LogP contribution in [0.2, 0.25) is 0 Å². The first-order chi connectivity index (χ1) is 17.9. The number of Topliss-reactive ketones (excluding diaryl/α,β-unsaturated/α-hetero) is 1. The summed E-state index contributed by atoms with van der Waals surface area (Å²) in [7, 11) is 0. The van der Waals surface area contributed by atoms with Crippen LogP contribution in [0.4, 0.5) is 4.39 Å². The quantitative estimate of drug-likeness (QED) is 0.418. The van der Waals surface area contributed by atoms with Gasteiger partial charge in [-0.15, -0.1) is 0 Å². The van der Waals surface area contributed by atoms with Crippen molar-refractivity contribution >= 4 is 23.5 Å². The molecule has 1 heterocycles. The second-order valence-electron chi connectivity index (χ2n) is 8.99. The SMILES string of the molecule is O=C1CCC(C(=O)N(Cc2ccccc2)C(Cc2ccccc2)C(=O)C(=O)NCc2ccc(F)cc2)N1. The summed E-state index contributed by atoms with van der Waals surface area (Å²) in [4.78, 5) is 53.5. The molecule has 190 valence electrons. The molecule has 37 heavy (non-hydrogen) atoms. The molecule has 1 aliphatic heterocycles. The number of nitrogens with one attached hydrogen (secondary N) is 2. The van der Waals surface area contributed by atoms with E-state index in [1.54, 1.807) is 0 Å². The summed E-state index contributed by atoms with van der Waals surface area (Å²) in [5.74, 6) is -2.63. The molecule has 3 aromatic rings. The zero-order valence-electron chi connectivity index (χ0n) is 20.2. The van der Waals surface area contributed by atoms with Gasteiger partial charge in [0.15, 0.2) is 0 Å². The summed E-state index contributed by atoms with van der Waals surface area (Å²) < 4.78 is 13.2. The number of carbonyl (C=O) groups excluding carboxylic acids is 4. The molecule has 1 saturated heterocycles. The van der Waals surface area contributed by atoms with E-state index < -0.39 is 35.5 Å². The second-order valence-corrected chi connectivity index (χ2v) is 8.99. The van der Waals surface area contributed by atoms with Gasteiger partial charge in [0.2, 0.25) is 17.6 Å². The highest BCUT2D eigenvalue weighted by Crippen LogP contribution is 2.19. The molecule has 0 aliphatic carbocycles. The van der Waals surface area contributed by atoms with E-state index >= 15 is 0 Å². The molecule has 1 fully saturated rings. The smallest absolute Gasteiger partial charge is 0.289 e. The molecular formula is C29H28FN3O4. The van der Waals surface area contributed by atoms with E-state index in [1.807, 2.05) is 60.7 Å². The van der Waals surface area contributed by atoms with Gasteiger partial charge in [0.1, 0.15) is 17.9 Å². The zero-order valence-corrected chi connectivity index (χ0v) is 20.2. The molecule has 0 radical (unpaired) electrons. The molecule has 0 saturated carbocycles. The minimum absolute atomic E-state index is 0.0359. The summed E-state index contributed by atoms with van der Waals surface area (Å²) in [5.41, 5.74) is 2.21. The second kappa shape index (κ2) is 12.1. The van der Waals surface area contributed by atoms with Crippen molar-refractivity contribution in [3.63, 3.8) is 0 Å². The third-order valence-electron chi connectivity index (χ3n) is 6.31. The van der Waals surface area contributed by atoms with Gasteiger partial charge in [-0.25, -0.2) is 4.39 Å². The fourth-order valence-electron chi connectivity index (χ4n) is 4.33. The lowest BCUT2D eigenvalue weighted by atomic mass is 9.98. The van der Waals surface area contributed by atoms with Crippen LogP contribution >= 0.6 is 0 Å². The summed E-state index contributed by atoms with van der Waals surface area (Å²) in [5, 5.41) is 5.29. The highest BCUT2D eigenvalue weighted by molar-refractivity contribution is 6.38. The van der Waals surface area contributed by atoms with Crippen LogP contribution in [0, 0.1) is 5.82 Å². The van der Waals surface area contributed by atoms with Gasteiger partial charge in [-0.3, -0.25) is 19.2 Å². The van der Waals surface area contributed by atoms with Crippen LogP contribution in [0.5, 0.6) is 0 Å². The van der Waals surface area contributed by atoms with Crippen LogP contribution < -0.4 is 10.6 Å². The first-order valence-corrected chi connectivity index (χ1v) is 12.1. The molecule has 3 aromatic carbocycles. The Morgan fingerprint density at radius 3 is 2.11 bits per heavy atom. The number of rotatable bonds is 10. The molecule has 0 spiro atoms. The van der Waals surface area contributed by atoms with Gasteiger partial charge < -0.3 is 15.5 Å². The van der Waals surface area contributed by atoms with E-state index in [1.165, 1.54) is 29.2 Å². The molecule has 2 atom stereocenters. The molecule has 2 unspecified atom stereocenters. The van der Waals surface area contributed by atoms with Crippen LogP contribution in [-0.2, 0) is 38.7 Å². The van der Waals surface area contributed by atoms with Crippen LogP contribution in [0.3, 0.4) is 0 Å². The largest absolute Gasteiger partial charge is 0.345 e. The maximum Gasteiger partial charge on any atom is 0.289 e. The number of ketones is 1. The third-order valence-corrected chi connectivity index (χ3v) is 6.31. The molecular weight excluding hydrogens is 473 g/mol. The van der Waals surface area contributed by atoms with Crippen molar-refractivity contribution in [3.8, 4) is 0 Å². The fraction of sp³-hybridized carbons (Fsp3) is 0.241. The van der Waals surface area contributed by atoms with Crippen molar-refractivity contribution in [1.29, 1.82) is 0 Å². The summed E-state index contributed by atoms with van der Waals surface area (Å²) in [6.45, 7) is 0.134. The van der Waals surface area contributed by atoms with Gasteiger partial charge in [-0.1, -0.05) is 72.8 Å². The van der Waals surface area contributed by atoms with Crippen molar-refractivity contribution in [2.24, 2.45) is 0 Å². The Kier molecular flexibility index (Phi) is 8.40. The van der Waals surface area contributed by atoms with Crippen LogP contribution in [0.25, 0.3) is 0 Å². The molecule has 0 bridgehead atoms. The van der Waals surface area contributed by atoms with Gasteiger partial charge in [0.25, 0.3) is 5.91 Å². The standard InChI is InChI=1S/C29H28FN3O4/c30-23-13-11-21(12-14-23)18-31-28(36)27(35)25(17-20-7-3-1-4-8-20)33(19-22-9-5-2-6-10-22)29(37)24-15-16-26(34)32-24/h1-14,24-25H,15-19H2,(H,31,36)(H,32,34). The normalized spacial score (nSPS) is 15.5. The van der Waals surface area contributed by atoms with Gasteiger partial charge in [0.05, 0.1) is 0 Å². The van der Waals surface area contributed by atoms with Crippen molar-refractivity contribution in [3.05, 3.63) is 107 Å². The Balaban J connectivity index is 1.62. The maximum atomic E-state index is 13.7. The van der Waals surface area contributed by atoms with Crippen molar-refractivity contribution in [2.75, 3.05) is 0 Å². The topological polar surface area (TPSA) is 95.6 Å². The monoisotopic (exact) mass is 501 g/mol. The molecule has 8 heteroatoms. The first-order valence-electron chi connectivity index (χ1n) is 12.1. The van der Waals surface area contributed by atoms with Gasteiger partial charge in [-0.2, -0.15) is 0 Å². The minimum atomic E-state index is -1.10. The predicted octanol–water partition coefficient (Wildman–Crippen LogP) is 2.93. The Morgan fingerprint density at radius 1 is 0.892 bits per heavy atom. The number of benzene rings is 3. The Morgan fingerprint density at radius 2 is 1.51 bits per heavy atom.